The number of sulfonamides is 1. The van der Waals surface area contributed by atoms with E-state index in [1.54, 1.807) is 0 Å². The second-order valence-electron chi connectivity index (χ2n) is 8.08. The molecule has 10 nitrogen and oxygen atoms in total. The van der Waals surface area contributed by atoms with Crippen LogP contribution in [-0.4, -0.2) is 70.9 Å². The van der Waals surface area contributed by atoms with Crippen molar-refractivity contribution in [3.63, 3.8) is 0 Å². The fraction of sp³-hybridized carbons (Fsp3) is 0.706. The van der Waals surface area contributed by atoms with Crippen molar-refractivity contribution < 1.29 is 13.2 Å². The highest BCUT2D eigenvalue weighted by Gasteiger charge is 2.31. The second kappa shape index (κ2) is 8.18. The van der Waals surface area contributed by atoms with Crippen molar-refractivity contribution in [3.8, 4) is 0 Å². The molecule has 1 fully saturated rings. The molecule has 11 heteroatoms. The lowest BCUT2D eigenvalue weighted by Crippen LogP contribution is -2.47. The molecule has 0 spiro atoms. The minimum absolute atomic E-state index is 0.115. The monoisotopic (exact) mass is 415 g/mol. The van der Waals surface area contributed by atoms with E-state index in [-0.39, 0.29) is 31.1 Å². The van der Waals surface area contributed by atoms with Crippen LogP contribution in [0, 0.1) is 0 Å². The van der Waals surface area contributed by atoms with Crippen LogP contribution in [0.3, 0.4) is 0 Å². The minimum atomic E-state index is -4.05. The summed E-state index contributed by atoms with van der Waals surface area (Å²) in [6.45, 7) is 7.24. The van der Waals surface area contributed by atoms with Gasteiger partial charge in [0.25, 0.3) is 5.56 Å². The smallest absolute Gasteiger partial charge is 0.330 e. The molecular weight excluding hydrogens is 386 g/mol. The van der Waals surface area contributed by atoms with E-state index in [0.29, 0.717) is 19.5 Å². The van der Waals surface area contributed by atoms with Gasteiger partial charge in [0, 0.05) is 45.5 Å². The first-order chi connectivity index (χ1) is 12.8. The van der Waals surface area contributed by atoms with Crippen LogP contribution in [-0.2, 0) is 28.9 Å². The molecule has 0 unspecified atom stereocenters. The van der Waals surface area contributed by atoms with E-state index < -0.39 is 26.2 Å². The Bertz CT molecular complexity index is 958. The van der Waals surface area contributed by atoms with Gasteiger partial charge in [-0.1, -0.05) is 0 Å². The fourth-order valence-corrected chi connectivity index (χ4v) is 4.72. The number of nitrogens with zero attached hydrogens (tertiary/aromatic N) is 4. The first kappa shape index (κ1) is 22.3. The van der Waals surface area contributed by atoms with Gasteiger partial charge >= 0.3 is 5.69 Å². The minimum Gasteiger partial charge on any atom is -0.350 e. The first-order valence-corrected chi connectivity index (χ1v) is 10.6. The van der Waals surface area contributed by atoms with Crippen LogP contribution >= 0.6 is 0 Å². The van der Waals surface area contributed by atoms with E-state index in [1.807, 2.05) is 25.7 Å². The number of carbonyl (C=O) groups excluding carboxylic acids is 1. The molecule has 1 amide bonds. The molecule has 1 aliphatic rings. The highest BCUT2D eigenvalue weighted by Crippen LogP contribution is 2.14. The summed E-state index contributed by atoms with van der Waals surface area (Å²) in [5.41, 5.74) is -1.76. The van der Waals surface area contributed by atoms with Gasteiger partial charge in [-0.25, -0.2) is 13.2 Å². The number of carbonyl (C=O) groups is 1. The number of nitrogens with one attached hydrogen (secondary N) is 1. The van der Waals surface area contributed by atoms with Crippen molar-refractivity contribution in [2.45, 2.75) is 37.6 Å². The van der Waals surface area contributed by atoms with E-state index in [1.165, 1.54) is 18.4 Å². The number of hydrogen-bond acceptors (Lipinski definition) is 6. The van der Waals surface area contributed by atoms with E-state index >= 15 is 0 Å². The Kier molecular flexibility index (Phi) is 6.51. The van der Waals surface area contributed by atoms with Crippen molar-refractivity contribution in [2.75, 3.05) is 32.7 Å². The molecule has 0 atom stereocenters. The highest BCUT2D eigenvalue weighted by molar-refractivity contribution is 7.89. The third kappa shape index (κ3) is 5.09. The van der Waals surface area contributed by atoms with Gasteiger partial charge in [-0.05, 0) is 33.7 Å². The van der Waals surface area contributed by atoms with Crippen LogP contribution in [0.4, 0.5) is 0 Å². The Labute approximate surface area is 164 Å². The zero-order valence-corrected chi connectivity index (χ0v) is 17.9. The van der Waals surface area contributed by atoms with Gasteiger partial charge in [0.2, 0.25) is 15.9 Å². The molecule has 1 saturated heterocycles. The standard InChI is InChI=1S/C17H29N5O5S/c1-17(2,3)18-14(23)12-21-7-6-8-22(10-9-21)28(26,27)13-11-19(4)16(25)20(5)15(13)24/h11H,6-10,12H2,1-5H3,(H,18,23). The average molecular weight is 416 g/mol. The van der Waals surface area contributed by atoms with Gasteiger partial charge in [-0.15, -0.1) is 0 Å². The topological polar surface area (TPSA) is 114 Å². The van der Waals surface area contributed by atoms with Crippen molar-refractivity contribution in [3.05, 3.63) is 27.0 Å². The summed E-state index contributed by atoms with van der Waals surface area (Å²) >= 11 is 0. The Morgan fingerprint density at radius 3 is 2.36 bits per heavy atom. The summed E-state index contributed by atoms with van der Waals surface area (Å²) in [7, 11) is -1.39. The highest BCUT2D eigenvalue weighted by atomic mass is 32.2. The maximum atomic E-state index is 13.0. The van der Waals surface area contributed by atoms with Gasteiger partial charge in [0.15, 0.2) is 4.90 Å². The normalized spacial score (nSPS) is 17.3. The van der Waals surface area contributed by atoms with Crippen LogP contribution in [0.2, 0.25) is 0 Å². The number of aromatic nitrogens is 2. The molecule has 28 heavy (non-hydrogen) atoms. The summed E-state index contributed by atoms with van der Waals surface area (Å²) in [4.78, 5) is 37.8. The predicted molar refractivity (Wildman–Crippen MR) is 105 cm³/mol. The van der Waals surface area contributed by atoms with E-state index in [0.717, 1.165) is 15.3 Å². The van der Waals surface area contributed by atoms with Crippen molar-refractivity contribution in [1.29, 1.82) is 0 Å². The maximum Gasteiger partial charge on any atom is 0.330 e. The first-order valence-electron chi connectivity index (χ1n) is 9.13. The van der Waals surface area contributed by atoms with Crippen LogP contribution in [0.1, 0.15) is 27.2 Å². The summed E-state index contributed by atoms with van der Waals surface area (Å²) < 4.78 is 29.1. The van der Waals surface area contributed by atoms with Crippen molar-refractivity contribution in [2.24, 2.45) is 14.1 Å². The average Bonchev–Trinajstić information content (AvgIpc) is 2.80. The quantitative estimate of drug-likeness (QED) is 0.654. The zero-order valence-electron chi connectivity index (χ0n) is 17.1. The molecule has 1 aromatic rings. The largest absolute Gasteiger partial charge is 0.350 e. The molecular formula is C17H29N5O5S. The molecule has 2 rings (SSSR count). The lowest BCUT2D eigenvalue weighted by atomic mass is 10.1. The Balaban J connectivity index is 2.17. The predicted octanol–water partition coefficient (Wildman–Crippen LogP) is -1.30. The molecule has 1 aromatic heterocycles. The summed E-state index contributed by atoms with van der Waals surface area (Å²) in [6, 6.07) is 0. The van der Waals surface area contributed by atoms with Crippen LogP contribution in [0.15, 0.2) is 20.7 Å². The molecule has 0 bridgehead atoms. The van der Waals surface area contributed by atoms with E-state index in [2.05, 4.69) is 5.32 Å². The van der Waals surface area contributed by atoms with Gasteiger partial charge in [-0.3, -0.25) is 19.1 Å². The number of rotatable bonds is 4. The summed E-state index contributed by atoms with van der Waals surface area (Å²) in [6.07, 6.45) is 1.60. The maximum absolute atomic E-state index is 13.0. The summed E-state index contributed by atoms with van der Waals surface area (Å²) in [5, 5.41) is 2.89. The molecule has 158 valence electrons. The molecule has 1 N–H and O–H groups in total. The molecule has 0 saturated carbocycles. The lowest BCUT2D eigenvalue weighted by molar-refractivity contribution is -0.123. The fourth-order valence-electron chi connectivity index (χ4n) is 3.10. The van der Waals surface area contributed by atoms with Crippen LogP contribution < -0.4 is 16.6 Å². The van der Waals surface area contributed by atoms with Gasteiger partial charge < -0.3 is 9.88 Å². The summed E-state index contributed by atoms with van der Waals surface area (Å²) in [5.74, 6) is -0.115. The Hall–Kier alpha value is -1.98. The molecule has 1 aliphatic heterocycles. The van der Waals surface area contributed by atoms with Crippen LogP contribution in [0.25, 0.3) is 0 Å². The molecule has 0 radical (unpaired) electrons. The van der Waals surface area contributed by atoms with E-state index in [4.69, 9.17) is 0 Å². The zero-order chi connectivity index (χ0) is 21.3. The number of hydrogen-bond donors (Lipinski definition) is 1. The van der Waals surface area contributed by atoms with Crippen LogP contribution in [0.5, 0.6) is 0 Å². The lowest BCUT2D eigenvalue weighted by Gasteiger charge is -2.25. The molecule has 2 heterocycles. The third-order valence-electron chi connectivity index (χ3n) is 4.46. The van der Waals surface area contributed by atoms with Gasteiger partial charge in [0.05, 0.1) is 6.54 Å². The van der Waals surface area contributed by atoms with Crippen molar-refractivity contribution in [1.82, 2.24) is 23.7 Å². The Morgan fingerprint density at radius 1 is 1.11 bits per heavy atom. The van der Waals surface area contributed by atoms with Crippen molar-refractivity contribution >= 4 is 15.9 Å². The number of amides is 1. The number of aryl methyl sites for hydroxylation is 1. The van der Waals surface area contributed by atoms with E-state index in [9.17, 15) is 22.8 Å². The SMILES string of the molecule is Cn1cc(S(=O)(=O)N2CCCN(CC(=O)NC(C)(C)C)CC2)c(=O)n(C)c1=O. The van der Waals surface area contributed by atoms with Gasteiger partial charge in [-0.2, -0.15) is 4.31 Å². The third-order valence-corrected chi connectivity index (χ3v) is 6.34. The molecule has 0 aliphatic carbocycles. The Morgan fingerprint density at radius 2 is 1.75 bits per heavy atom. The van der Waals surface area contributed by atoms with Gasteiger partial charge in [0.1, 0.15) is 0 Å². The second-order valence-corrected chi connectivity index (χ2v) is 9.99. The molecule has 0 aromatic carbocycles.